The number of amides is 1. The molecule has 3 N–H and O–H groups in total. The van der Waals surface area contributed by atoms with Gasteiger partial charge in [-0.05, 0) is 33.1 Å². The lowest BCUT2D eigenvalue weighted by Gasteiger charge is -2.26. The molecule has 0 aliphatic rings. The monoisotopic (exact) mass is 328 g/mol. The Kier molecular flexibility index (Phi) is 7.79. The van der Waals surface area contributed by atoms with Gasteiger partial charge in [0.1, 0.15) is 11.2 Å². The first-order valence-electron chi connectivity index (χ1n) is 7.51. The molecule has 0 heterocycles. The van der Waals surface area contributed by atoms with Crippen LogP contribution in [0.3, 0.4) is 0 Å². The largest absolute Gasteiger partial charge is 0.462 e. The third-order valence-corrected chi connectivity index (χ3v) is 2.71. The molecule has 0 unspecified atom stereocenters. The standard InChI is InChI=1S/C16H28N2O5/c1-7-22-13(20)11(9-17)12(19)8-16(5,6)10-18-14(21)23-15(2,3)4/h9H,7-8,10,17H2,1-6H3,(H,18,21)/b11-9-. The van der Waals surface area contributed by atoms with Gasteiger partial charge in [-0.1, -0.05) is 13.8 Å². The van der Waals surface area contributed by atoms with Gasteiger partial charge in [0.15, 0.2) is 5.78 Å². The van der Waals surface area contributed by atoms with E-state index in [1.165, 1.54) is 0 Å². The van der Waals surface area contributed by atoms with Gasteiger partial charge < -0.3 is 20.5 Å². The Morgan fingerprint density at radius 2 is 1.70 bits per heavy atom. The van der Waals surface area contributed by atoms with Crippen LogP contribution in [0.1, 0.15) is 48.0 Å². The summed E-state index contributed by atoms with van der Waals surface area (Å²) in [6.07, 6.45) is 0.431. The van der Waals surface area contributed by atoms with Crippen molar-refractivity contribution < 1.29 is 23.9 Å². The molecule has 0 aliphatic carbocycles. The Balaban J connectivity index is 4.64. The van der Waals surface area contributed by atoms with Crippen LogP contribution in [0.25, 0.3) is 0 Å². The van der Waals surface area contributed by atoms with Crippen LogP contribution in [-0.4, -0.2) is 36.6 Å². The second kappa shape index (κ2) is 8.55. The number of Topliss-reactive ketones (excluding diaryl/α,β-unsaturated/α-hetero) is 1. The second-order valence-electron chi connectivity index (χ2n) is 6.92. The van der Waals surface area contributed by atoms with E-state index in [0.29, 0.717) is 0 Å². The van der Waals surface area contributed by atoms with E-state index in [1.807, 2.05) is 0 Å². The Morgan fingerprint density at radius 1 is 1.13 bits per heavy atom. The van der Waals surface area contributed by atoms with Crippen LogP contribution in [0.5, 0.6) is 0 Å². The number of esters is 1. The molecule has 0 aliphatic heterocycles. The van der Waals surface area contributed by atoms with Gasteiger partial charge in [0.05, 0.1) is 6.61 Å². The summed E-state index contributed by atoms with van der Waals surface area (Å²) in [6, 6.07) is 0. The maximum atomic E-state index is 12.2. The fourth-order valence-electron chi connectivity index (χ4n) is 1.70. The summed E-state index contributed by atoms with van der Waals surface area (Å²) in [4.78, 5) is 35.5. The topological polar surface area (TPSA) is 108 Å². The lowest BCUT2D eigenvalue weighted by molar-refractivity contribution is -0.140. The minimum atomic E-state index is -0.740. The highest BCUT2D eigenvalue weighted by molar-refractivity contribution is 6.17. The van der Waals surface area contributed by atoms with Crippen LogP contribution in [0.15, 0.2) is 11.8 Å². The molecule has 7 nitrogen and oxygen atoms in total. The van der Waals surface area contributed by atoms with E-state index >= 15 is 0 Å². The van der Waals surface area contributed by atoms with Crippen molar-refractivity contribution in [2.24, 2.45) is 11.1 Å². The Morgan fingerprint density at radius 3 is 2.13 bits per heavy atom. The third-order valence-electron chi connectivity index (χ3n) is 2.71. The summed E-state index contributed by atoms with van der Waals surface area (Å²) in [5, 5.41) is 2.62. The van der Waals surface area contributed by atoms with Gasteiger partial charge in [0.2, 0.25) is 0 Å². The highest BCUT2D eigenvalue weighted by Gasteiger charge is 2.28. The zero-order chi connectivity index (χ0) is 18.3. The first-order valence-corrected chi connectivity index (χ1v) is 7.51. The predicted molar refractivity (Wildman–Crippen MR) is 86.5 cm³/mol. The van der Waals surface area contributed by atoms with Crippen molar-refractivity contribution >= 4 is 17.8 Å². The second-order valence-corrected chi connectivity index (χ2v) is 6.92. The lowest BCUT2D eigenvalue weighted by atomic mass is 9.85. The lowest BCUT2D eigenvalue weighted by Crippen LogP contribution is -2.39. The van der Waals surface area contributed by atoms with Gasteiger partial charge in [0, 0.05) is 19.2 Å². The molecule has 0 saturated carbocycles. The molecule has 0 fully saturated rings. The zero-order valence-electron chi connectivity index (χ0n) is 14.8. The zero-order valence-corrected chi connectivity index (χ0v) is 14.8. The highest BCUT2D eigenvalue weighted by atomic mass is 16.6. The first kappa shape index (κ1) is 20.9. The molecule has 0 aromatic carbocycles. The minimum absolute atomic E-state index is 0.0324. The summed E-state index contributed by atoms with van der Waals surface area (Å²) in [5.41, 5.74) is 3.99. The fourth-order valence-corrected chi connectivity index (χ4v) is 1.70. The number of carbonyl (C=O) groups is 3. The molecule has 0 spiro atoms. The highest BCUT2D eigenvalue weighted by Crippen LogP contribution is 2.22. The molecule has 0 aromatic heterocycles. The number of hydrogen-bond acceptors (Lipinski definition) is 6. The van der Waals surface area contributed by atoms with Crippen molar-refractivity contribution in [2.75, 3.05) is 13.2 Å². The van der Waals surface area contributed by atoms with Gasteiger partial charge in [0.25, 0.3) is 0 Å². The molecular weight excluding hydrogens is 300 g/mol. The third kappa shape index (κ3) is 8.85. The molecule has 0 radical (unpaired) electrons. The number of nitrogens with two attached hydrogens (primary N) is 1. The first-order chi connectivity index (χ1) is 10.4. The van der Waals surface area contributed by atoms with E-state index < -0.39 is 28.9 Å². The molecule has 0 aromatic rings. The van der Waals surface area contributed by atoms with Gasteiger partial charge in [-0.15, -0.1) is 0 Å². The van der Waals surface area contributed by atoms with E-state index in [0.717, 1.165) is 6.20 Å². The van der Waals surface area contributed by atoms with Crippen LogP contribution in [-0.2, 0) is 19.1 Å². The Labute approximate surface area is 137 Å². The van der Waals surface area contributed by atoms with E-state index in [4.69, 9.17) is 15.2 Å². The number of hydrogen-bond donors (Lipinski definition) is 2. The van der Waals surface area contributed by atoms with E-state index in [1.54, 1.807) is 41.5 Å². The van der Waals surface area contributed by atoms with Gasteiger partial charge in [-0.3, -0.25) is 4.79 Å². The summed E-state index contributed by atoms with van der Waals surface area (Å²) in [6.45, 7) is 10.9. The Bertz CT molecular complexity index is 475. The molecule has 7 heteroatoms. The maximum absolute atomic E-state index is 12.2. The molecule has 23 heavy (non-hydrogen) atoms. The average Bonchev–Trinajstić information content (AvgIpc) is 2.35. The average molecular weight is 328 g/mol. The molecule has 132 valence electrons. The predicted octanol–water partition coefficient (Wildman–Crippen LogP) is 1.90. The number of rotatable bonds is 7. The van der Waals surface area contributed by atoms with Crippen LogP contribution >= 0.6 is 0 Å². The fraction of sp³-hybridized carbons (Fsp3) is 0.688. The van der Waals surface area contributed by atoms with Crippen LogP contribution < -0.4 is 11.1 Å². The summed E-state index contributed by atoms with van der Waals surface area (Å²) in [5.74, 6) is -1.17. The van der Waals surface area contributed by atoms with Crippen molar-refractivity contribution in [2.45, 2.75) is 53.6 Å². The van der Waals surface area contributed by atoms with Crippen LogP contribution in [0, 0.1) is 5.41 Å². The summed E-state index contributed by atoms with van der Waals surface area (Å²) in [7, 11) is 0. The number of ketones is 1. The van der Waals surface area contributed by atoms with Crippen molar-refractivity contribution in [1.82, 2.24) is 5.32 Å². The molecule has 0 rings (SSSR count). The van der Waals surface area contributed by atoms with Crippen molar-refractivity contribution in [1.29, 1.82) is 0 Å². The number of nitrogens with one attached hydrogen (secondary N) is 1. The SMILES string of the molecule is CCOC(=O)/C(=C\N)C(=O)CC(C)(C)CNC(=O)OC(C)(C)C. The van der Waals surface area contributed by atoms with Crippen molar-refractivity contribution in [3.63, 3.8) is 0 Å². The van der Waals surface area contributed by atoms with Crippen molar-refractivity contribution in [3.8, 4) is 0 Å². The molecule has 0 atom stereocenters. The quantitative estimate of drug-likeness (QED) is 0.320. The normalized spacial score (nSPS) is 12.5. The van der Waals surface area contributed by atoms with Crippen molar-refractivity contribution in [3.05, 3.63) is 11.8 Å². The van der Waals surface area contributed by atoms with Crippen LogP contribution in [0.4, 0.5) is 4.79 Å². The van der Waals surface area contributed by atoms with E-state index in [9.17, 15) is 14.4 Å². The van der Waals surface area contributed by atoms with E-state index in [2.05, 4.69) is 5.32 Å². The van der Waals surface area contributed by atoms with Gasteiger partial charge >= 0.3 is 12.1 Å². The molecule has 1 amide bonds. The number of ether oxygens (including phenoxy) is 2. The molecule has 0 bridgehead atoms. The summed E-state index contributed by atoms with van der Waals surface area (Å²) < 4.78 is 9.92. The van der Waals surface area contributed by atoms with E-state index in [-0.39, 0.29) is 25.1 Å². The molecule has 0 saturated heterocycles. The smallest absolute Gasteiger partial charge is 0.407 e. The van der Waals surface area contributed by atoms with Gasteiger partial charge in [-0.25, -0.2) is 9.59 Å². The Hall–Kier alpha value is -2.05. The van der Waals surface area contributed by atoms with Crippen LogP contribution in [0.2, 0.25) is 0 Å². The number of alkyl carbamates (subject to hydrolysis) is 1. The summed E-state index contributed by atoms with van der Waals surface area (Å²) >= 11 is 0. The molecular formula is C16H28N2O5. The van der Waals surface area contributed by atoms with Gasteiger partial charge in [-0.2, -0.15) is 0 Å². The maximum Gasteiger partial charge on any atom is 0.407 e. The minimum Gasteiger partial charge on any atom is -0.462 e. The number of carbonyl (C=O) groups excluding carboxylic acids is 3.